The molecule has 0 radical (unpaired) electrons. The Kier molecular flexibility index (Phi) is 3.10. The van der Waals surface area contributed by atoms with Gasteiger partial charge in [0.15, 0.2) is 0 Å². The fourth-order valence-corrected chi connectivity index (χ4v) is 1.49. The van der Waals surface area contributed by atoms with Crippen LogP contribution in [0.15, 0.2) is 30.9 Å². The second-order valence-corrected chi connectivity index (χ2v) is 3.75. The number of hydrogen-bond acceptors (Lipinski definition) is 4. The molecule has 2 rings (SSSR count). The molecule has 0 saturated heterocycles. The molecule has 2 aromatic rings. The zero-order valence-corrected chi connectivity index (χ0v) is 9.22. The van der Waals surface area contributed by atoms with Gasteiger partial charge in [0.2, 0.25) is 0 Å². The Morgan fingerprint density at radius 1 is 1.12 bits per heavy atom. The van der Waals surface area contributed by atoms with E-state index in [-0.39, 0.29) is 0 Å². The first-order valence-corrected chi connectivity index (χ1v) is 5.21. The normalized spacial score (nSPS) is 10.3. The monoisotopic (exact) mass is 214 g/mol. The van der Waals surface area contributed by atoms with Crippen molar-refractivity contribution in [3.05, 3.63) is 47.8 Å². The summed E-state index contributed by atoms with van der Waals surface area (Å²) in [6, 6.07) is 6.14. The van der Waals surface area contributed by atoms with Gasteiger partial charge in [0.05, 0.1) is 0 Å². The van der Waals surface area contributed by atoms with Crippen molar-refractivity contribution in [3.63, 3.8) is 0 Å². The lowest BCUT2D eigenvalue weighted by Gasteiger charge is -2.04. The number of anilines is 1. The molecule has 16 heavy (non-hydrogen) atoms. The molecule has 4 heteroatoms. The fraction of sp³-hybridized carbons (Fsp3) is 0.250. The van der Waals surface area contributed by atoms with Crippen LogP contribution in [-0.2, 0) is 12.8 Å². The molecule has 0 bridgehead atoms. The van der Waals surface area contributed by atoms with Gasteiger partial charge in [-0.1, -0.05) is 12.1 Å². The first-order chi connectivity index (χ1) is 7.75. The molecule has 0 saturated carbocycles. The average molecular weight is 214 g/mol. The van der Waals surface area contributed by atoms with E-state index in [9.17, 15) is 0 Å². The van der Waals surface area contributed by atoms with E-state index >= 15 is 0 Å². The molecule has 1 aromatic heterocycles. The standard InChI is InChI=1S/C12H14N4/c1-9-2-3-10(6-11(9)13)4-5-12-15-7-14-8-16-12/h2-3,6-8H,4-5,13H2,1H3. The van der Waals surface area contributed by atoms with Crippen molar-refractivity contribution in [2.24, 2.45) is 0 Å². The SMILES string of the molecule is Cc1ccc(CCc2ncncn2)cc1N. The van der Waals surface area contributed by atoms with Gasteiger partial charge in [-0.05, 0) is 30.5 Å². The Morgan fingerprint density at radius 3 is 2.56 bits per heavy atom. The topological polar surface area (TPSA) is 64.7 Å². The molecule has 1 aromatic carbocycles. The van der Waals surface area contributed by atoms with Gasteiger partial charge in [-0.15, -0.1) is 0 Å². The summed E-state index contributed by atoms with van der Waals surface area (Å²) in [5, 5.41) is 0. The second-order valence-electron chi connectivity index (χ2n) is 3.75. The number of aromatic nitrogens is 3. The highest BCUT2D eigenvalue weighted by molar-refractivity contribution is 5.48. The second kappa shape index (κ2) is 4.70. The summed E-state index contributed by atoms with van der Waals surface area (Å²) in [7, 11) is 0. The summed E-state index contributed by atoms with van der Waals surface area (Å²) in [5.74, 6) is 0.814. The summed E-state index contributed by atoms with van der Waals surface area (Å²) >= 11 is 0. The highest BCUT2D eigenvalue weighted by Crippen LogP contribution is 2.14. The number of nitrogens with two attached hydrogens (primary N) is 1. The van der Waals surface area contributed by atoms with Gasteiger partial charge in [0, 0.05) is 12.1 Å². The van der Waals surface area contributed by atoms with Crippen LogP contribution < -0.4 is 5.73 Å². The van der Waals surface area contributed by atoms with Crippen LogP contribution in [0.4, 0.5) is 5.69 Å². The predicted molar refractivity (Wildman–Crippen MR) is 62.8 cm³/mol. The zero-order valence-electron chi connectivity index (χ0n) is 9.22. The molecule has 0 aliphatic heterocycles. The maximum atomic E-state index is 5.85. The van der Waals surface area contributed by atoms with Gasteiger partial charge < -0.3 is 5.73 Å². The highest BCUT2D eigenvalue weighted by atomic mass is 15.0. The van der Waals surface area contributed by atoms with Gasteiger partial charge >= 0.3 is 0 Å². The summed E-state index contributed by atoms with van der Waals surface area (Å²) in [6.07, 6.45) is 4.75. The van der Waals surface area contributed by atoms with Crippen LogP contribution in [0.2, 0.25) is 0 Å². The van der Waals surface area contributed by atoms with Crippen molar-refractivity contribution in [1.29, 1.82) is 0 Å². The Balaban J connectivity index is 2.03. The Morgan fingerprint density at radius 2 is 1.88 bits per heavy atom. The minimum Gasteiger partial charge on any atom is -0.399 e. The Labute approximate surface area is 94.6 Å². The first-order valence-electron chi connectivity index (χ1n) is 5.21. The number of nitrogens with zero attached hydrogens (tertiary/aromatic N) is 3. The minimum atomic E-state index is 0.811. The number of aryl methyl sites for hydroxylation is 3. The minimum absolute atomic E-state index is 0.811. The van der Waals surface area contributed by atoms with E-state index in [1.165, 1.54) is 18.2 Å². The molecule has 0 unspecified atom stereocenters. The molecule has 82 valence electrons. The number of benzene rings is 1. The highest BCUT2D eigenvalue weighted by Gasteiger charge is 1.99. The largest absolute Gasteiger partial charge is 0.399 e. The summed E-state index contributed by atoms with van der Waals surface area (Å²) in [6.45, 7) is 2.01. The van der Waals surface area contributed by atoms with E-state index in [4.69, 9.17) is 5.73 Å². The number of rotatable bonds is 3. The van der Waals surface area contributed by atoms with Crippen molar-refractivity contribution in [1.82, 2.24) is 15.0 Å². The molecular formula is C12H14N4. The van der Waals surface area contributed by atoms with Crippen molar-refractivity contribution >= 4 is 5.69 Å². The molecule has 4 nitrogen and oxygen atoms in total. The molecule has 1 heterocycles. The van der Waals surface area contributed by atoms with Crippen LogP contribution in [0.3, 0.4) is 0 Å². The van der Waals surface area contributed by atoms with Crippen LogP contribution in [0.1, 0.15) is 17.0 Å². The van der Waals surface area contributed by atoms with Gasteiger partial charge in [-0.2, -0.15) is 0 Å². The summed E-state index contributed by atoms with van der Waals surface area (Å²) < 4.78 is 0. The molecule has 0 spiro atoms. The van der Waals surface area contributed by atoms with E-state index in [0.717, 1.165) is 29.9 Å². The van der Waals surface area contributed by atoms with Crippen molar-refractivity contribution < 1.29 is 0 Å². The molecule has 0 aliphatic carbocycles. The third-order valence-corrected chi connectivity index (χ3v) is 2.53. The van der Waals surface area contributed by atoms with E-state index in [1.54, 1.807) is 0 Å². The third kappa shape index (κ3) is 2.53. The van der Waals surface area contributed by atoms with Crippen molar-refractivity contribution in [3.8, 4) is 0 Å². The lowest BCUT2D eigenvalue weighted by molar-refractivity contribution is 0.835. The van der Waals surface area contributed by atoms with E-state index < -0.39 is 0 Å². The van der Waals surface area contributed by atoms with Gasteiger partial charge in [0.1, 0.15) is 18.5 Å². The maximum absolute atomic E-state index is 5.85. The molecule has 0 aliphatic rings. The quantitative estimate of drug-likeness (QED) is 0.787. The van der Waals surface area contributed by atoms with E-state index in [0.29, 0.717) is 0 Å². The number of hydrogen-bond donors (Lipinski definition) is 1. The van der Waals surface area contributed by atoms with Crippen LogP contribution in [0.5, 0.6) is 0 Å². The van der Waals surface area contributed by atoms with Gasteiger partial charge in [-0.3, -0.25) is 0 Å². The first kappa shape index (κ1) is 10.5. The van der Waals surface area contributed by atoms with E-state index in [2.05, 4.69) is 21.0 Å². The van der Waals surface area contributed by atoms with Crippen LogP contribution in [0, 0.1) is 6.92 Å². The van der Waals surface area contributed by atoms with Crippen molar-refractivity contribution in [2.45, 2.75) is 19.8 Å². The lowest BCUT2D eigenvalue weighted by atomic mass is 10.1. The molecule has 0 fully saturated rings. The van der Waals surface area contributed by atoms with Crippen molar-refractivity contribution in [2.75, 3.05) is 5.73 Å². The number of nitrogen functional groups attached to an aromatic ring is 1. The molecular weight excluding hydrogens is 200 g/mol. The van der Waals surface area contributed by atoms with Crippen LogP contribution in [-0.4, -0.2) is 15.0 Å². The lowest BCUT2D eigenvalue weighted by Crippen LogP contribution is -1.99. The van der Waals surface area contributed by atoms with Crippen LogP contribution in [0.25, 0.3) is 0 Å². The zero-order chi connectivity index (χ0) is 11.4. The molecule has 0 amide bonds. The van der Waals surface area contributed by atoms with E-state index in [1.807, 2.05) is 19.1 Å². The summed E-state index contributed by atoms with van der Waals surface area (Å²) in [5.41, 5.74) is 9.02. The average Bonchev–Trinajstić information content (AvgIpc) is 2.32. The smallest absolute Gasteiger partial charge is 0.132 e. The maximum Gasteiger partial charge on any atom is 0.132 e. The Hall–Kier alpha value is -1.97. The van der Waals surface area contributed by atoms with Gasteiger partial charge in [0.25, 0.3) is 0 Å². The summed E-state index contributed by atoms with van der Waals surface area (Å²) in [4.78, 5) is 11.9. The molecule has 2 N–H and O–H groups in total. The Bertz CT molecular complexity index is 468. The third-order valence-electron chi connectivity index (χ3n) is 2.53. The predicted octanol–water partition coefficient (Wildman–Crippen LogP) is 1.55. The molecule has 0 atom stereocenters. The van der Waals surface area contributed by atoms with Crippen LogP contribution >= 0.6 is 0 Å². The fourth-order valence-electron chi connectivity index (χ4n) is 1.49. The van der Waals surface area contributed by atoms with Gasteiger partial charge in [-0.25, -0.2) is 15.0 Å².